The molecule has 0 aromatic heterocycles. The van der Waals surface area contributed by atoms with Crippen molar-refractivity contribution in [3.8, 4) is 0 Å². The summed E-state index contributed by atoms with van der Waals surface area (Å²) in [5.41, 5.74) is 12.2. The van der Waals surface area contributed by atoms with Gasteiger partial charge in [0.1, 0.15) is 0 Å². The number of amides is 1. The lowest BCUT2D eigenvalue weighted by Gasteiger charge is -2.20. The van der Waals surface area contributed by atoms with Crippen LogP contribution in [-0.4, -0.2) is 17.7 Å². The zero-order valence-corrected chi connectivity index (χ0v) is 10.9. The molecular weight excluding hydrogens is 240 g/mol. The molecule has 5 heteroatoms. The summed E-state index contributed by atoms with van der Waals surface area (Å²) in [6.45, 7) is 2.00. The number of hydrogen-bond acceptors (Lipinski definition) is 4. The van der Waals surface area contributed by atoms with Gasteiger partial charge >= 0.3 is 0 Å². The van der Waals surface area contributed by atoms with E-state index in [1.165, 1.54) is 12.8 Å². The van der Waals surface area contributed by atoms with Gasteiger partial charge in [0.15, 0.2) is 0 Å². The van der Waals surface area contributed by atoms with E-state index in [2.05, 4.69) is 15.8 Å². The third-order valence-corrected chi connectivity index (χ3v) is 3.54. The molecule has 1 unspecified atom stereocenters. The maximum atomic E-state index is 11.2. The summed E-state index contributed by atoms with van der Waals surface area (Å²) >= 11 is 0. The van der Waals surface area contributed by atoms with E-state index in [1.54, 1.807) is 0 Å². The molecule has 1 atom stereocenters. The maximum Gasteiger partial charge on any atom is 0.240 e. The Kier molecular flexibility index (Phi) is 2.89. The van der Waals surface area contributed by atoms with Gasteiger partial charge in [0.2, 0.25) is 5.91 Å². The van der Waals surface area contributed by atoms with Crippen molar-refractivity contribution in [2.45, 2.75) is 32.2 Å². The van der Waals surface area contributed by atoms with Crippen LogP contribution in [0.25, 0.3) is 0 Å². The van der Waals surface area contributed by atoms with E-state index in [-0.39, 0.29) is 11.8 Å². The molecule has 5 nitrogen and oxygen atoms in total. The summed E-state index contributed by atoms with van der Waals surface area (Å²) in [6.07, 6.45) is 2.91. The lowest BCUT2D eigenvalue weighted by Crippen LogP contribution is -2.32. The van der Waals surface area contributed by atoms with Crippen LogP contribution in [0.1, 0.15) is 31.7 Å². The number of hydrogen-bond donors (Lipinski definition) is 3. The topological polar surface area (TPSA) is 79.5 Å². The van der Waals surface area contributed by atoms with Gasteiger partial charge in [-0.05, 0) is 25.0 Å². The van der Waals surface area contributed by atoms with E-state index in [0.717, 1.165) is 22.6 Å². The number of benzene rings is 1. The minimum atomic E-state index is -0.0313. The van der Waals surface area contributed by atoms with Crippen LogP contribution in [0, 0.1) is 5.92 Å². The number of carbonyl (C=O) groups is 1. The van der Waals surface area contributed by atoms with Gasteiger partial charge in [-0.1, -0.05) is 13.0 Å². The van der Waals surface area contributed by atoms with Gasteiger partial charge in [-0.2, -0.15) is 5.10 Å². The molecule has 100 valence electrons. The fourth-order valence-electron chi connectivity index (χ4n) is 2.30. The fraction of sp³-hybridized carbons (Fsp3) is 0.429. The zero-order chi connectivity index (χ0) is 13.4. The summed E-state index contributed by atoms with van der Waals surface area (Å²) < 4.78 is 0. The van der Waals surface area contributed by atoms with Crippen LogP contribution < -0.4 is 16.5 Å². The maximum absolute atomic E-state index is 11.2. The molecular formula is C14H18N4O. The van der Waals surface area contributed by atoms with Crippen molar-refractivity contribution in [3.05, 3.63) is 23.8 Å². The van der Waals surface area contributed by atoms with Crippen molar-refractivity contribution < 1.29 is 4.79 Å². The molecule has 1 aromatic rings. The van der Waals surface area contributed by atoms with Gasteiger partial charge in [0.05, 0.1) is 17.1 Å². The van der Waals surface area contributed by atoms with E-state index in [9.17, 15) is 4.79 Å². The molecule has 1 aliphatic carbocycles. The Balaban J connectivity index is 1.84. The SMILES string of the molecule is CC1CC(=O)NN=C1c1ccc(NC2CC2)c(N)c1. The van der Waals surface area contributed by atoms with Gasteiger partial charge in [-0.25, -0.2) is 5.43 Å². The highest BCUT2D eigenvalue weighted by Gasteiger charge is 2.24. The smallest absolute Gasteiger partial charge is 0.240 e. The standard InChI is InChI=1S/C14H18N4O/c1-8-6-13(19)17-18-14(8)9-2-5-12(11(15)7-9)16-10-3-4-10/h2,5,7-8,10,16H,3-4,6,15H2,1H3,(H,17,19). The van der Waals surface area contributed by atoms with Crippen LogP contribution in [0.2, 0.25) is 0 Å². The predicted molar refractivity (Wildman–Crippen MR) is 76.0 cm³/mol. The Morgan fingerprint density at radius 1 is 1.42 bits per heavy atom. The molecule has 1 amide bonds. The average Bonchev–Trinajstić information content (AvgIpc) is 3.16. The Bertz CT molecular complexity index is 548. The summed E-state index contributed by atoms with van der Waals surface area (Å²) in [6, 6.07) is 6.51. The van der Waals surface area contributed by atoms with E-state index >= 15 is 0 Å². The highest BCUT2D eigenvalue weighted by molar-refractivity contribution is 6.06. The highest BCUT2D eigenvalue weighted by Crippen LogP contribution is 2.29. The Morgan fingerprint density at radius 2 is 2.21 bits per heavy atom. The molecule has 1 aromatic carbocycles. The van der Waals surface area contributed by atoms with Crippen LogP contribution in [0.4, 0.5) is 11.4 Å². The number of hydrazone groups is 1. The predicted octanol–water partition coefficient (Wildman–Crippen LogP) is 1.70. The number of nitrogens with two attached hydrogens (primary N) is 1. The molecule has 4 N–H and O–H groups in total. The molecule has 0 spiro atoms. The van der Waals surface area contributed by atoms with E-state index in [4.69, 9.17) is 5.73 Å². The quantitative estimate of drug-likeness (QED) is 0.722. The first kappa shape index (κ1) is 12.0. The fourth-order valence-corrected chi connectivity index (χ4v) is 2.30. The first-order valence-corrected chi connectivity index (χ1v) is 6.66. The first-order valence-electron chi connectivity index (χ1n) is 6.66. The van der Waals surface area contributed by atoms with Crippen LogP contribution in [0.5, 0.6) is 0 Å². The number of rotatable bonds is 3. The number of anilines is 2. The minimum absolute atomic E-state index is 0.0313. The van der Waals surface area contributed by atoms with E-state index in [1.807, 2.05) is 25.1 Å². The molecule has 1 aliphatic heterocycles. The Morgan fingerprint density at radius 3 is 2.84 bits per heavy atom. The van der Waals surface area contributed by atoms with Gasteiger partial charge in [-0.15, -0.1) is 0 Å². The lowest BCUT2D eigenvalue weighted by atomic mass is 9.93. The van der Waals surface area contributed by atoms with Gasteiger partial charge in [-0.3, -0.25) is 4.79 Å². The second kappa shape index (κ2) is 4.57. The third-order valence-electron chi connectivity index (χ3n) is 3.54. The van der Waals surface area contributed by atoms with Crippen LogP contribution in [-0.2, 0) is 4.79 Å². The molecule has 2 aliphatic rings. The monoisotopic (exact) mass is 258 g/mol. The van der Waals surface area contributed by atoms with E-state index < -0.39 is 0 Å². The number of nitrogens with zero attached hydrogens (tertiary/aromatic N) is 1. The minimum Gasteiger partial charge on any atom is -0.397 e. The molecule has 1 heterocycles. The molecule has 0 bridgehead atoms. The summed E-state index contributed by atoms with van der Waals surface area (Å²) in [5.74, 6) is 0.0895. The van der Waals surface area contributed by atoms with Crippen molar-refractivity contribution in [2.75, 3.05) is 11.1 Å². The van der Waals surface area contributed by atoms with Crippen molar-refractivity contribution in [3.63, 3.8) is 0 Å². The third kappa shape index (κ3) is 2.54. The zero-order valence-electron chi connectivity index (χ0n) is 10.9. The highest BCUT2D eigenvalue weighted by atomic mass is 16.2. The molecule has 1 fully saturated rings. The number of carbonyl (C=O) groups excluding carboxylic acids is 1. The van der Waals surface area contributed by atoms with Crippen LogP contribution >= 0.6 is 0 Å². The number of nitrogens with one attached hydrogen (secondary N) is 2. The van der Waals surface area contributed by atoms with Crippen molar-refractivity contribution in [1.82, 2.24) is 5.43 Å². The molecule has 0 radical (unpaired) electrons. The normalized spacial score (nSPS) is 22.7. The molecule has 3 rings (SSSR count). The number of nitrogen functional groups attached to an aromatic ring is 1. The molecule has 1 saturated carbocycles. The Labute approximate surface area is 112 Å². The van der Waals surface area contributed by atoms with Crippen molar-refractivity contribution >= 4 is 23.0 Å². The lowest BCUT2D eigenvalue weighted by molar-refractivity contribution is -0.121. The van der Waals surface area contributed by atoms with Gasteiger partial charge < -0.3 is 11.1 Å². The Hall–Kier alpha value is -2.04. The van der Waals surface area contributed by atoms with Crippen molar-refractivity contribution in [2.24, 2.45) is 11.0 Å². The first-order chi connectivity index (χ1) is 9.13. The van der Waals surface area contributed by atoms with Crippen LogP contribution in [0.15, 0.2) is 23.3 Å². The largest absolute Gasteiger partial charge is 0.397 e. The van der Waals surface area contributed by atoms with Gasteiger partial charge in [0, 0.05) is 23.9 Å². The summed E-state index contributed by atoms with van der Waals surface area (Å²) in [5, 5.41) is 7.54. The van der Waals surface area contributed by atoms with Gasteiger partial charge in [0.25, 0.3) is 0 Å². The van der Waals surface area contributed by atoms with Crippen LogP contribution in [0.3, 0.4) is 0 Å². The van der Waals surface area contributed by atoms with E-state index in [0.29, 0.717) is 12.5 Å². The second-order valence-corrected chi connectivity index (χ2v) is 5.36. The van der Waals surface area contributed by atoms with Crippen molar-refractivity contribution in [1.29, 1.82) is 0 Å². The molecule has 19 heavy (non-hydrogen) atoms. The summed E-state index contributed by atoms with van der Waals surface area (Å²) in [7, 11) is 0. The average molecular weight is 258 g/mol. The summed E-state index contributed by atoms with van der Waals surface area (Å²) in [4.78, 5) is 11.2. The molecule has 0 saturated heterocycles. The second-order valence-electron chi connectivity index (χ2n) is 5.36.